The van der Waals surface area contributed by atoms with Gasteiger partial charge in [-0.3, -0.25) is 14.2 Å². The molecule has 2 heterocycles. The molecule has 0 radical (unpaired) electrons. The second-order valence-corrected chi connectivity index (χ2v) is 6.36. The minimum Gasteiger partial charge on any atom is -0.306 e. The van der Waals surface area contributed by atoms with Crippen LogP contribution in [0.15, 0.2) is 36.5 Å². The lowest BCUT2D eigenvalue weighted by molar-refractivity contribution is -0.117. The first-order valence-corrected chi connectivity index (χ1v) is 8.52. The molecule has 0 spiro atoms. The molecule has 29 heavy (non-hydrogen) atoms. The highest BCUT2D eigenvalue weighted by atomic mass is 35.5. The van der Waals surface area contributed by atoms with E-state index >= 15 is 0 Å². The number of anilines is 1. The predicted molar refractivity (Wildman–Crippen MR) is 93.5 cm³/mol. The Balaban J connectivity index is 1.70. The Kier molecular flexibility index (Phi) is 6.16. The van der Waals surface area contributed by atoms with Gasteiger partial charge in [-0.15, -0.1) is 0 Å². The van der Waals surface area contributed by atoms with Crippen molar-refractivity contribution in [1.29, 1.82) is 0 Å². The molecule has 154 valence electrons. The summed E-state index contributed by atoms with van der Waals surface area (Å²) in [7, 11) is 0. The van der Waals surface area contributed by atoms with Gasteiger partial charge in [-0.25, -0.2) is 22.0 Å². The number of nitrogens with one attached hydrogen (secondary N) is 1. The number of carbonyl (C=O) groups excluding carboxylic acids is 1. The number of aromatic nitrogens is 4. The van der Waals surface area contributed by atoms with E-state index in [9.17, 15) is 26.7 Å². The summed E-state index contributed by atoms with van der Waals surface area (Å²) in [6, 6.07) is 6.20. The number of nitrogens with zero attached hydrogens (tertiary/aromatic N) is 4. The van der Waals surface area contributed by atoms with E-state index in [4.69, 9.17) is 11.6 Å². The van der Waals surface area contributed by atoms with E-state index in [2.05, 4.69) is 15.5 Å². The highest BCUT2D eigenvalue weighted by Crippen LogP contribution is 2.25. The Hall–Kier alpha value is -2.95. The summed E-state index contributed by atoms with van der Waals surface area (Å²) in [6.07, 6.45) is -4.72. The zero-order chi connectivity index (χ0) is 21.1. The number of rotatable bonds is 7. The zero-order valence-electron chi connectivity index (χ0n) is 14.5. The fraction of sp³-hybridized carbons (Fsp3) is 0.235. The first kappa shape index (κ1) is 20.8. The molecule has 1 amide bonds. The van der Waals surface area contributed by atoms with Crippen molar-refractivity contribution in [1.82, 2.24) is 19.6 Å². The maximum Gasteiger partial charge on any atom is 0.282 e. The van der Waals surface area contributed by atoms with E-state index in [0.29, 0.717) is 10.7 Å². The summed E-state index contributed by atoms with van der Waals surface area (Å²) >= 11 is 6.01. The maximum absolute atomic E-state index is 13.0. The van der Waals surface area contributed by atoms with Crippen LogP contribution in [0.2, 0.25) is 5.02 Å². The standard InChI is InChI=1S/C17H13ClF5N5O/c18-11-7-27(6-9-1-3-10(19)4-2-9)26-17(11)24-14(29)8-28-13(16(22)23)5-12(25-28)15(20)21/h1-5,7,15-16H,6,8H2,(H,24,26,29). The second-order valence-electron chi connectivity index (χ2n) is 5.95. The Labute approximate surface area is 165 Å². The molecule has 3 aromatic rings. The van der Waals surface area contributed by atoms with Gasteiger partial charge >= 0.3 is 0 Å². The number of hydrogen-bond donors (Lipinski definition) is 1. The molecule has 1 aromatic carbocycles. The van der Waals surface area contributed by atoms with Gasteiger partial charge in [0, 0.05) is 6.20 Å². The Morgan fingerprint density at radius 2 is 1.79 bits per heavy atom. The normalized spacial score (nSPS) is 11.4. The Morgan fingerprint density at radius 3 is 2.41 bits per heavy atom. The van der Waals surface area contributed by atoms with Crippen LogP contribution >= 0.6 is 11.6 Å². The first-order valence-electron chi connectivity index (χ1n) is 8.14. The molecule has 12 heteroatoms. The summed E-state index contributed by atoms with van der Waals surface area (Å²) in [5.74, 6) is -1.26. The molecule has 2 aromatic heterocycles. The third kappa shape index (κ3) is 5.11. The van der Waals surface area contributed by atoms with Gasteiger partial charge in [0.05, 0.1) is 6.54 Å². The molecule has 0 atom stereocenters. The molecule has 0 aliphatic carbocycles. The van der Waals surface area contributed by atoms with Crippen LogP contribution in [0.5, 0.6) is 0 Å². The van der Waals surface area contributed by atoms with Crippen molar-refractivity contribution in [2.24, 2.45) is 0 Å². The van der Waals surface area contributed by atoms with E-state index in [-0.39, 0.29) is 17.4 Å². The zero-order valence-corrected chi connectivity index (χ0v) is 15.3. The van der Waals surface area contributed by atoms with E-state index in [1.54, 1.807) is 12.1 Å². The molecule has 0 unspecified atom stereocenters. The van der Waals surface area contributed by atoms with Crippen LogP contribution in [-0.2, 0) is 17.9 Å². The summed E-state index contributed by atoms with van der Waals surface area (Å²) in [6.45, 7) is -0.490. The molecular weight excluding hydrogens is 421 g/mol. The van der Waals surface area contributed by atoms with Gasteiger partial charge in [0.25, 0.3) is 12.9 Å². The van der Waals surface area contributed by atoms with Crippen LogP contribution in [0.1, 0.15) is 29.8 Å². The molecular formula is C17H13ClF5N5O. The first-order chi connectivity index (χ1) is 13.7. The van der Waals surface area contributed by atoms with Gasteiger partial charge in [-0.2, -0.15) is 10.2 Å². The lowest BCUT2D eigenvalue weighted by Crippen LogP contribution is -2.21. The summed E-state index contributed by atoms with van der Waals surface area (Å²) < 4.78 is 66.2. The van der Waals surface area contributed by atoms with E-state index in [1.807, 2.05) is 0 Å². The average molecular weight is 434 g/mol. The Morgan fingerprint density at radius 1 is 1.10 bits per heavy atom. The summed E-state index contributed by atoms with van der Waals surface area (Å²) in [4.78, 5) is 12.1. The highest BCUT2D eigenvalue weighted by Gasteiger charge is 2.23. The molecule has 0 saturated carbocycles. The van der Waals surface area contributed by atoms with Crippen LogP contribution in [0.4, 0.5) is 27.8 Å². The van der Waals surface area contributed by atoms with E-state index < -0.39 is 42.5 Å². The van der Waals surface area contributed by atoms with Crippen LogP contribution in [0.3, 0.4) is 0 Å². The van der Waals surface area contributed by atoms with Crippen LogP contribution in [0, 0.1) is 5.82 Å². The minimum absolute atomic E-state index is 0.0429. The molecule has 0 saturated heterocycles. The SMILES string of the molecule is O=C(Cn1nc(C(F)F)cc1C(F)F)Nc1nn(Cc2ccc(F)cc2)cc1Cl. The largest absolute Gasteiger partial charge is 0.306 e. The Bertz CT molecular complexity index is 1000. The smallest absolute Gasteiger partial charge is 0.282 e. The fourth-order valence-electron chi connectivity index (χ4n) is 2.51. The van der Waals surface area contributed by atoms with Crippen molar-refractivity contribution in [3.63, 3.8) is 0 Å². The number of benzene rings is 1. The van der Waals surface area contributed by atoms with Crippen molar-refractivity contribution in [3.05, 3.63) is 64.3 Å². The fourth-order valence-corrected chi connectivity index (χ4v) is 2.71. The van der Waals surface area contributed by atoms with Gasteiger partial charge in [0.1, 0.15) is 28.8 Å². The van der Waals surface area contributed by atoms with Crippen molar-refractivity contribution in [2.45, 2.75) is 25.9 Å². The summed E-state index contributed by atoms with van der Waals surface area (Å²) in [5, 5.41) is 9.80. The van der Waals surface area contributed by atoms with E-state index in [1.165, 1.54) is 23.0 Å². The topological polar surface area (TPSA) is 64.7 Å². The molecule has 6 nitrogen and oxygen atoms in total. The van der Waals surface area contributed by atoms with E-state index in [0.717, 1.165) is 5.56 Å². The van der Waals surface area contributed by atoms with Crippen LogP contribution < -0.4 is 5.32 Å². The van der Waals surface area contributed by atoms with Crippen molar-refractivity contribution < 1.29 is 26.7 Å². The molecule has 3 rings (SSSR count). The lowest BCUT2D eigenvalue weighted by Gasteiger charge is -2.07. The van der Waals surface area contributed by atoms with Gasteiger partial charge in [0.2, 0.25) is 5.91 Å². The molecule has 0 aliphatic rings. The third-order valence-electron chi connectivity index (χ3n) is 3.80. The number of amides is 1. The predicted octanol–water partition coefficient (Wildman–Crippen LogP) is 4.43. The van der Waals surface area contributed by atoms with Gasteiger partial charge < -0.3 is 5.32 Å². The lowest BCUT2D eigenvalue weighted by atomic mass is 10.2. The van der Waals surface area contributed by atoms with Crippen molar-refractivity contribution in [3.8, 4) is 0 Å². The van der Waals surface area contributed by atoms with Crippen LogP contribution in [0.25, 0.3) is 0 Å². The molecule has 1 N–H and O–H groups in total. The number of alkyl halides is 4. The van der Waals surface area contributed by atoms with Crippen LogP contribution in [-0.4, -0.2) is 25.5 Å². The number of halogens is 6. The maximum atomic E-state index is 13.0. The number of hydrogen-bond acceptors (Lipinski definition) is 3. The molecule has 0 fully saturated rings. The van der Waals surface area contributed by atoms with Crippen molar-refractivity contribution in [2.75, 3.05) is 5.32 Å². The second kappa shape index (κ2) is 8.60. The van der Waals surface area contributed by atoms with Gasteiger partial charge in [-0.05, 0) is 23.8 Å². The minimum atomic E-state index is -3.08. The number of carbonyl (C=O) groups is 1. The van der Waals surface area contributed by atoms with Gasteiger partial charge in [0.15, 0.2) is 5.82 Å². The third-order valence-corrected chi connectivity index (χ3v) is 4.08. The van der Waals surface area contributed by atoms with Gasteiger partial charge in [-0.1, -0.05) is 23.7 Å². The molecule has 0 bridgehead atoms. The molecule has 0 aliphatic heterocycles. The van der Waals surface area contributed by atoms with Crippen molar-refractivity contribution >= 4 is 23.3 Å². The monoisotopic (exact) mass is 433 g/mol. The average Bonchev–Trinajstić information content (AvgIpc) is 3.21. The summed E-state index contributed by atoms with van der Waals surface area (Å²) in [5.41, 5.74) is -0.931. The quantitative estimate of drug-likeness (QED) is 0.560. The highest BCUT2D eigenvalue weighted by molar-refractivity contribution is 6.33.